The number of carbonyl (C=O) groups excluding carboxylic acids is 2. The van der Waals surface area contributed by atoms with Gasteiger partial charge in [-0.2, -0.15) is 4.80 Å². The third kappa shape index (κ3) is 3.79. The summed E-state index contributed by atoms with van der Waals surface area (Å²) in [5, 5.41) is 14.4. The molecule has 0 saturated heterocycles. The predicted molar refractivity (Wildman–Crippen MR) is 108 cm³/mol. The lowest BCUT2D eigenvalue weighted by Crippen LogP contribution is -2.10. The molecule has 0 saturated carbocycles. The van der Waals surface area contributed by atoms with E-state index < -0.39 is 0 Å². The smallest absolute Gasteiger partial charge is 0.291 e. The molecular formula is C19H14BrN5O3. The van der Waals surface area contributed by atoms with E-state index in [1.807, 2.05) is 12.1 Å². The second-order valence-electron chi connectivity index (χ2n) is 5.98. The molecule has 2 amide bonds. The van der Waals surface area contributed by atoms with E-state index >= 15 is 0 Å². The number of benzene rings is 2. The summed E-state index contributed by atoms with van der Waals surface area (Å²) in [6.45, 7) is 1.46. The maximum absolute atomic E-state index is 12.2. The van der Waals surface area contributed by atoms with Gasteiger partial charge in [-0.05, 0) is 70.5 Å². The summed E-state index contributed by atoms with van der Waals surface area (Å²) in [5.41, 5.74) is 3.34. The Morgan fingerprint density at radius 3 is 2.32 bits per heavy atom. The molecule has 2 heterocycles. The van der Waals surface area contributed by atoms with Gasteiger partial charge in [0.1, 0.15) is 11.0 Å². The standard InChI is InChI=1S/C19H14BrN5O3/c1-11(26)21-12-2-5-14(6-3-12)25-23-15-7-4-13(10-16(15)24-25)22-19(27)17-8-9-18(20)28-17/h2-10H,1H3,(H,21,26)(H,22,27). The molecule has 4 aromatic rings. The number of aromatic nitrogens is 3. The second kappa shape index (κ2) is 7.28. The minimum atomic E-state index is -0.356. The van der Waals surface area contributed by atoms with Crippen LogP contribution in [-0.2, 0) is 4.79 Å². The van der Waals surface area contributed by atoms with E-state index in [4.69, 9.17) is 4.42 Å². The normalized spacial score (nSPS) is 10.8. The Balaban J connectivity index is 1.56. The number of nitrogens with one attached hydrogen (secondary N) is 2. The SMILES string of the molecule is CC(=O)Nc1ccc(-n2nc3ccc(NC(=O)c4ccc(Br)o4)cc3n2)cc1. The highest BCUT2D eigenvalue weighted by molar-refractivity contribution is 9.10. The Morgan fingerprint density at radius 1 is 0.929 bits per heavy atom. The van der Waals surface area contributed by atoms with Crippen molar-refractivity contribution >= 4 is 50.2 Å². The molecule has 0 radical (unpaired) electrons. The van der Waals surface area contributed by atoms with Gasteiger partial charge in [-0.25, -0.2) is 0 Å². The van der Waals surface area contributed by atoms with Crippen LogP contribution in [0.4, 0.5) is 11.4 Å². The topological polar surface area (TPSA) is 102 Å². The van der Waals surface area contributed by atoms with E-state index in [1.165, 1.54) is 11.7 Å². The number of furan rings is 1. The largest absolute Gasteiger partial charge is 0.444 e. The van der Waals surface area contributed by atoms with Gasteiger partial charge in [0, 0.05) is 18.3 Å². The highest BCUT2D eigenvalue weighted by Crippen LogP contribution is 2.20. The van der Waals surface area contributed by atoms with Crippen LogP contribution in [-0.4, -0.2) is 26.8 Å². The van der Waals surface area contributed by atoms with Crippen molar-refractivity contribution in [1.82, 2.24) is 15.0 Å². The van der Waals surface area contributed by atoms with Gasteiger partial charge in [0.15, 0.2) is 10.4 Å². The zero-order chi connectivity index (χ0) is 19.7. The molecule has 2 N–H and O–H groups in total. The summed E-state index contributed by atoms with van der Waals surface area (Å²) in [6.07, 6.45) is 0. The molecule has 140 valence electrons. The van der Waals surface area contributed by atoms with Crippen molar-refractivity contribution in [2.45, 2.75) is 6.92 Å². The van der Waals surface area contributed by atoms with E-state index in [0.29, 0.717) is 27.1 Å². The summed E-state index contributed by atoms with van der Waals surface area (Å²) in [5.74, 6) is -0.284. The molecule has 0 atom stereocenters. The Labute approximate surface area is 167 Å². The summed E-state index contributed by atoms with van der Waals surface area (Å²) < 4.78 is 5.73. The first-order chi connectivity index (χ1) is 13.5. The number of hydrogen-bond donors (Lipinski definition) is 2. The van der Waals surface area contributed by atoms with E-state index in [0.717, 1.165) is 5.69 Å². The highest BCUT2D eigenvalue weighted by atomic mass is 79.9. The van der Waals surface area contributed by atoms with Gasteiger partial charge in [-0.15, -0.1) is 10.2 Å². The average molecular weight is 440 g/mol. The van der Waals surface area contributed by atoms with Gasteiger partial charge < -0.3 is 15.1 Å². The van der Waals surface area contributed by atoms with Crippen LogP contribution >= 0.6 is 15.9 Å². The summed E-state index contributed by atoms with van der Waals surface area (Å²) >= 11 is 3.17. The molecule has 0 aliphatic heterocycles. The average Bonchev–Trinajstić information content (AvgIpc) is 3.27. The van der Waals surface area contributed by atoms with Crippen LogP contribution in [0.2, 0.25) is 0 Å². The molecule has 4 rings (SSSR count). The van der Waals surface area contributed by atoms with Crippen LogP contribution in [0, 0.1) is 0 Å². The first-order valence-electron chi connectivity index (χ1n) is 8.30. The molecule has 0 bridgehead atoms. The second-order valence-corrected chi connectivity index (χ2v) is 6.76. The molecule has 0 fully saturated rings. The molecule has 2 aromatic heterocycles. The number of rotatable bonds is 4. The monoisotopic (exact) mass is 439 g/mol. The van der Waals surface area contributed by atoms with Crippen LogP contribution in [0.1, 0.15) is 17.5 Å². The van der Waals surface area contributed by atoms with Crippen molar-refractivity contribution in [2.75, 3.05) is 10.6 Å². The van der Waals surface area contributed by atoms with Crippen molar-refractivity contribution in [3.8, 4) is 5.69 Å². The Morgan fingerprint density at radius 2 is 1.64 bits per heavy atom. The molecule has 9 heteroatoms. The predicted octanol–water partition coefficient (Wildman–Crippen LogP) is 3.99. The number of nitrogens with zero attached hydrogens (tertiary/aromatic N) is 3. The minimum absolute atomic E-state index is 0.132. The first-order valence-corrected chi connectivity index (χ1v) is 9.09. The third-order valence-corrected chi connectivity index (χ3v) is 4.28. The molecular weight excluding hydrogens is 426 g/mol. The third-order valence-electron chi connectivity index (χ3n) is 3.85. The summed E-state index contributed by atoms with van der Waals surface area (Å²) in [4.78, 5) is 24.8. The fourth-order valence-electron chi connectivity index (χ4n) is 2.62. The van der Waals surface area contributed by atoms with Crippen molar-refractivity contribution in [1.29, 1.82) is 0 Å². The number of halogens is 1. The fraction of sp³-hybridized carbons (Fsp3) is 0.0526. The molecule has 8 nitrogen and oxygen atoms in total. The number of fused-ring (bicyclic) bond motifs is 1. The summed E-state index contributed by atoms with van der Waals surface area (Å²) in [7, 11) is 0. The van der Waals surface area contributed by atoms with Crippen molar-refractivity contribution in [3.05, 3.63) is 65.0 Å². The van der Waals surface area contributed by atoms with E-state index in [1.54, 1.807) is 42.5 Å². The van der Waals surface area contributed by atoms with Gasteiger partial charge in [-0.3, -0.25) is 9.59 Å². The fourth-order valence-corrected chi connectivity index (χ4v) is 2.92. The van der Waals surface area contributed by atoms with Gasteiger partial charge in [0.2, 0.25) is 5.91 Å². The number of hydrogen-bond acceptors (Lipinski definition) is 5. The Kier molecular flexibility index (Phi) is 4.66. The lowest BCUT2D eigenvalue weighted by molar-refractivity contribution is -0.114. The van der Waals surface area contributed by atoms with E-state index in [2.05, 4.69) is 36.8 Å². The lowest BCUT2D eigenvalue weighted by Gasteiger charge is -2.03. The van der Waals surface area contributed by atoms with Gasteiger partial charge >= 0.3 is 0 Å². The van der Waals surface area contributed by atoms with Crippen LogP contribution in [0.15, 0.2) is 63.7 Å². The molecule has 0 unspecified atom stereocenters. The summed E-state index contributed by atoms with van der Waals surface area (Å²) in [6, 6.07) is 15.7. The van der Waals surface area contributed by atoms with Crippen LogP contribution in [0.3, 0.4) is 0 Å². The first kappa shape index (κ1) is 17.9. The lowest BCUT2D eigenvalue weighted by atomic mass is 10.2. The highest BCUT2D eigenvalue weighted by Gasteiger charge is 2.12. The maximum Gasteiger partial charge on any atom is 0.291 e. The number of amides is 2. The van der Waals surface area contributed by atoms with E-state index in [-0.39, 0.29) is 17.6 Å². The quantitative estimate of drug-likeness (QED) is 0.500. The zero-order valence-corrected chi connectivity index (χ0v) is 16.2. The van der Waals surface area contributed by atoms with Gasteiger partial charge in [0.25, 0.3) is 5.91 Å². The molecule has 0 aliphatic rings. The van der Waals surface area contributed by atoms with Crippen LogP contribution in [0.5, 0.6) is 0 Å². The maximum atomic E-state index is 12.2. The molecule has 2 aromatic carbocycles. The molecule has 0 aliphatic carbocycles. The van der Waals surface area contributed by atoms with Gasteiger partial charge in [-0.1, -0.05) is 0 Å². The Hall–Kier alpha value is -3.46. The zero-order valence-electron chi connectivity index (χ0n) is 14.6. The van der Waals surface area contributed by atoms with Crippen molar-refractivity contribution in [2.24, 2.45) is 0 Å². The number of carbonyl (C=O) groups is 2. The molecule has 28 heavy (non-hydrogen) atoms. The van der Waals surface area contributed by atoms with Crippen molar-refractivity contribution < 1.29 is 14.0 Å². The van der Waals surface area contributed by atoms with Gasteiger partial charge in [0.05, 0.1) is 5.69 Å². The Bertz CT molecular complexity index is 1180. The minimum Gasteiger partial charge on any atom is -0.444 e. The molecule has 0 spiro atoms. The van der Waals surface area contributed by atoms with Crippen molar-refractivity contribution in [3.63, 3.8) is 0 Å². The van der Waals surface area contributed by atoms with Crippen LogP contribution in [0.25, 0.3) is 16.7 Å². The van der Waals surface area contributed by atoms with E-state index in [9.17, 15) is 9.59 Å². The van der Waals surface area contributed by atoms with Crippen LogP contribution < -0.4 is 10.6 Å². The number of anilines is 2.